The zero-order valence-corrected chi connectivity index (χ0v) is 15.3. The lowest BCUT2D eigenvalue weighted by Gasteiger charge is -2.09. The number of carbonyl (C=O) groups is 2. The number of anilines is 1. The van der Waals surface area contributed by atoms with Crippen molar-refractivity contribution in [3.05, 3.63) is 51.1 Å². The second-order valence-electron chi connectivity index (χ2n) is 4.84. The number of aromatic nitrogens is 1. The van der Waals surface area contributed by atoms with Gasteiger partial charge in [0.25, 0.3) is 5.91 Å². The van der Waals surface area contributed by atoms with Gasteiger partial charge in [-0.1, -0.05) is 34.8 Å². The van der Waals surface area contributed by atoms with Crippen LogP contribution in [0.3, 0.4) is 0 Å². The number of nitrogens with one attached hydrogen (secondary N) is 1. The molecule has 0 aliphatic rings. The molecule has 0 unspecified atom stereocenters. The van der Waals surface area contributed by atoms with Gasteiger partial charge in [0.1, 0.15) is 5.75 Å². The van der Waals surface area contributed by atoms with Crippen molar-refractivity contribution in [2.45, 2.75) is 6.92 Å². The molecule has 0 saturated heterocycles. The summed E-state index contributed by atoms with van der Waals surface area (Å²) in [6.07, 6.45) is 0. The van der Waals surface area contributed by atoms with Crippen LogP contribution in [-0.2, 0) is 14.3 Å². The van der Waals surface area contributed by atoms with E-state index in [1.54, 1.807) is 31.2 Å². The van der Waals surface area contributed by atoms with Gasteiger partial charge in [-0.15, -0.1) is 0 Å². The van der Waals surface area contributed by atoms with Crippen molar-refractivity contribution >= 4 is 52.5 Å². The number of hydrogen-bond acceptors (Lipinski definition) is 5. The summed E-state index contributed by atoms with van der Waals surface area (Å²) < 4.78 is 10.0. The predicted octanol–water partition coefficient (Wildman–Crippen LogP) is 3.91. The number of rotatable bonds is 6. The normalized spacial score (nSPS) is 10.2. The first-order chi connectivity index (χ1) is 11.8. The number of pyridine rings is 1. The van der Waals surface area contributed by atoms with Crippen LogP contribution in [0.5, 0.6) is 5.75 Å². The van der Waals surface area contributed by atoms with Gasteiger partial charge in [-0.2, -0.15) is 0 Å². The lowest BCUT2D eigenvalue weighted by Crippen LogP contribution is -2.24. The number of amides is 1. The minimum absolute atomic E-state index is 0.141. The zero-order chi connectivity index (χ0) is 18.4. The first-order valence-electron chi connectivity index (χ1n) is 7.01. The summed E-state index contributed by atoms with van der Waals surface area (Å²) in [6.45, 7) is 0.832. The third-order valence-corrected chi connectivity index (χ3v) is 3.82. The van der Waals surface area contributed by atoms with Crippen LogP contribution >= 0.6 is 34.8 Å². The smallest absolute Gasteiger partial charge is 0.344 e. The third-order valence-electron chi connectivity index (χ3n) is 2.90. The molecule has 0 radical (unpaired) electrons. The van der Waals surface area contributed by atoms with E-state index in [0.717, 1.165) is 0 Å². The molecule has 1 aromatic carbocycles. The Balaban J connectivity index is 1.78. The number of hydrogen-bond donors (Lipinski definition) is 1. The van der Waals surface area contributed by atoms with Gasteiger partial charge < -0.3 is 14.8 Å². The molecule has 0 atom stereocenters. The first-order valence-corrected chi connectivity index (χ1v) is 8.15. The molecule has 2 aromatic rings. The zero-order valence-electron chi connectivity index (χ0n) is 13.0. The van der Waals surface area contributed by atoms with Crippen LogP contribution in [0.4, 0.5) is 5.82 Å². The van der Waals surface area contributed by atoms with Crippen molar-refractivity contribution < 1.29 is 19.1 Å². The molecular weight excluding hydrogens is 391 g/mol. The summed E-state index contributed by atoms with van der Waals surface area (Å²) in [5.74, 6) is -0.687. The maximum absolute atomic E-state index is 11.8. The molecule has 0 bridgehead atoms. The van der Waals surface area contributed by atoms with Gasteiger partial charge in [0.2, 0.25) is 0 Å². The number of esters is 1. The number of halogens is 3. The molecule has 1 amide bonds. The van der Waals surface area contributed by atoms with Crippen LogP contribution in [0.1, 0.15) is 5.69 Å². The van der Waals surface area contributed by atoms with Crippen LogP contribution in [0.2, 0.25) is 15.1 Å². The highest BCUT2D eigenvalue weighted by Gasteiger charge is 2.12. The fourth-order valence-electron chi connectivity index (χ4n) is 1.68. The van der Waals surface area contributed by atoms with Crippen LogP contribution in [0.25, 0.3) is 0 Å². The first kappa shape index (κ1) is 19.3. The molecule has 1 N–H and O–H groups in total. The molecule has 1 aromatic heterocycles. The van der Waals surface area contributed by atoms with E-state index in [1.165, 1.54) is 6.07 Å². The SMILES string of the molecule is Cc1nc(NC(=O)COC(=O)COc2ccc(Cl)cc2)c(Cl)cc1Cl. The average molecular weight is 404 g/mol. The van der Waals surface area contributed by atoms with E-state index in [-0.39, 0.29) is 17.4 Å². The van der Waals surface area contributed by atoms with E-state index in [1.807, 2.05) is 0 Å². The standard InChI is InChI=1S/C16H13Cl3N2O4/c1-9-12(18)6-13(19)16(20-9)21-14(22)7-25-15(23)8-24-11-4-2-10(17)3-5-11/h2-6H,7-8H2,1H3,(H,20,21,22). The van der Waals surface area contributed by atoms with Crippen molar-refractivity contribution in [2.75, 3.05) is 18.5 Å². The predicted molar refractivity (Wildman–Crippen MR) is 95.5 cm³/mol. The quantitative estimate of drug-likeness (QED) is 0.740. The molecule has 0 aliphatic carbocycles. The van der Waals surface area contributed by atoms with Gasteiger partial charge >= 0.3 is 5.97 Å². The van der Waals surface area contributed by atoms with Gasteiger partial charge in [0.15, 0.2) is 19.0 Å². The largest absolute Gasteiger partial charge is 0.482 e. The molecule has 2 rings (SSSR count). The second-order valence-corrected chi connectivity index (χ2v) is 6.09. The topological polar surface area (TPSA) is 77.5 Å². The molecule has 6 nitrogen and oxygen atoms in total. The van der Waals surface area contributed by atoms with Crippen molar-refractivity contribution in [3.8, 4) is 5.75 Å². The van der Waals surface area contributed by atoms with Crippen LogP contribution in [-0.4, -0.2) is 30.1 Å². The molecule has 0 spiro atoms. The third kappa shape index (κ3) is 6.08. The Morgan fingerprint density at radius 3 is 2.44 bits per heavy atom. The summed E-state index contributed by atoms with van der Waals surface area (Å²) in [5, 5.41) is 3.56. The van der Waals surface area contributed by atoms with E-state index in [9.17, 15) is 9.59 Å². The second kappa shape index (κ2) is 8.89. The van der Waals surface area contributed by atoms with Gasteiger partial charge in [0, 0.05) is 5.02 Å². The van der Waals surface area contributed by atoms with E-state index in [2.05, 4.69) is 10.3 Å². The highest BCUT2D eigenvalue weighted by Crippen LogP contribution is 2.25. The monoisotopic (exact) mass is 402 g/mol. The van der Waals surface area contributed by atoms with Crippen molar-refractivity contribution in [1.82, 2.24) is 4.98 Å². The molecule has 132 valence electrons. The Morgan fingerprint density at radius 1 is 1.08 bits per heavy atom. The summed E-state index contributed by atoms with van der Waals surface area (Å²) in [7, 11) is 0. The Hall–Kier alpha value is -2.02. The molecule has 1 heterocycles. The molecule has 0 fully saturated rings. The maximum Gasteiger partial charge on any atom is 0.344 e. The Bertz CT molecular complexity index is 782. The molecule has 0 aliphatic heterocycles. The van der Waals surface area contributed by atoms with Crippen molar-refractivity contribution in [2.24, 2.45) is 0 Å². The molecular formula is C16H13Cl3N2O4. The minimum Gasteiger partial charge on any atom is -0.482 e. The summed E-state index contributed by atoms with van der Waals surface area (Å²) >= 11 is 17.5. The van der Waals surface area contributed by atoms with Gasteiger partial charge in [0.05, 0.1) is 15.7 Å². The Kier molecular flexibility index (Phi) is 6.87. The summed E-state index contributed by atoms with van der Waals surface area (Å²) in [5.41, 5.74) is 0.509. The van der Waals surface area contributed by atoms with E-state index >= 15 is 0 Å². The lowest BCUT2D eigenvalue weighted by molar-refractivity contribution is -0.149. The fourth-order valence-corrected chi connectivity index (χ4v) is 2.21. The Labute approximate surface area is 159 Å². The van der Waals surface area contributed by atoms with E-state index < -0.39 is 18.5 Å². The van der Waals surface area contributed by atoms with E-state index in [0.29, 0.717) is 21.5 Å². The number of nitrogens with zero attached hydrogens (tertiary/aromatic N) is 1. The fraction of sp³-hybridized carbons (Fsp3) is 0.188. The number of benzene rings is 1. The average Bonchev–Trinajstić information content (AvgIpc) is 2.57. The summed E-state index contributed by atoms with van der Waals surface area (Å²) in [6, 6.07) is 7.94. The van der Waals surface area contributed by atoms with Crippen LogP contribution in [0, 0.1) is 6.92 Å². The summed E-state index contributed by atoms with van der Waals surface area (Å²) in [4.78, 5) is 27.4. The maximum atomic E-state index is 11.8. The van der Waals surface area contributed by atoms with Gasteiger partial charge in [-0.05, 0) is 37.3 Å². The van der Waals surface area contributed by atoms with E-state index in [4.69, 9.17) is 44.3 Å². The number of ether oxygens (including phenoxy) is 2. The van der Waals surface area contributed by atoms with Crippen molar-refractivity contribution in [3.63, 3.8) is 0 Å². The lowest BCUT2D eigenvalue weighted by atomic mass is 10.3. The van der Waals surface area contributed by atoms with Crippen LogP contribution in [0.15, 0.2) is 30.3 Å². The molecule has 9 heteroatoms. The molecule has 25 heavy (non-hydrogen) atoms. The van der Waals surface area contributed by atoms with Crippen LogP contribution < -0.4 is 10.1 Å². The molecule has 0 saturated carbocycles. The van der Waals surface area contributed by atoms with Gasteiger partial charge in [-0.25, -0.2) is 9.78 Å². The minimum atomic E-state index is -0.698. The van der Waals surface area contributed by atoms with Gasteiger partial charge in [-0.3, -0.25) is 4.79 Å². The number of aryl methyl sites for hydroxylation is 1. The highest BCUT2D eigenvalue weighted by molar-refractivity contribution is 6.36. The van der Waals surface area contributed by atoms with Crippen molar-refractivity contribution in [1.29, 1.82) is 0 Å². The Morgan fingerprint density at radius 2 is 1.76 bits per heavy atom. The highest BCUT2D eigenvalue weighted by atomic mass is 35.5. The number of carbonyl (C=O) groups excluding carboxylic acids is 2.